The Bertz CT molecular complexity index is 868. The van der Waals surface area contributed by atoms with Gasteiger partial charge in [0.05, 0.1) is 31.0 Å². The molecule has 29 heavy (non-hydrogen) atoms. The third-order valence-corrected chi connectivity index (χ3v) is 4.09. The number of nitrogens with zero attached hydrogens (tertiary/aromatic N) is 2. The second kappa shape index (κ2) is 11.0. The molecule has 0 aliphatic heterocycles. The van der Waals surface area contributed by atoms with Crippen LogP contribution in [0, 0.1) is 11.3 Å². The number of carbonyl (C=O) groups excluding carboxylic acids is 1. The number of halogens is 2. The molecule has 1 amide bonds. The van der Waals surface area contributed by atoms with Crippen molar-refractivity contribution in [3.05, 3.63) is 53.6 Å². The summed E-state index contributed by atoms with van der Waals surface area (Å²) in [7, 11) is 1.52. The number of ether oxygens (including phenoxy) is 2. The number of alkyl halides is 2. The predicted octanol–water partition coefficient (Wildman–Crippen LogP) is 4.02. The van der Waals surface area contributed by atoms with Crippen molar-refractivity contribution in [2.24, 2.45) is 0 Å². The van der Waals surface area contributed by atoms with Crippen molar-refractivity contribution >= 4 is 11.6 Å². The van der Waals surface area contributed by atoms with Gasteiger partial charge in [0.2, 0.25) is 5.91 Å². The number of rotatable bonds is 10. The van der Waals surface area contributed by atoms with Gasteiger partial charge in [-0.2, -0.15) is 14.0 Å². The van der Waals surface area contributed by atoms with E-state index >= 15 is 0 Å². The molecule has 2 aromatic carbocycles. The van der Waals surface area contributed by atoms with Gasteiger partial charge in [0, 0.05) is 12.1 Å². The Labute approximate surface area is 168 Å². The summed E-state index contributed by atoms with van der Waals surface area (Å²) >= 11 is 0. The molecule has 0 saturated heterocycles. The van der Waals surface area contributed by atoms with Crippen LogP contribution in [0.3, 0.4) is 0 Å². The van der Waals surface area contributed by atoms with Crippen molar-refractivity contribution < 1.29 is 23.0 Å². The zero-order valence-corrected chi connectivity index (χ0v) is 16.3. The molecule has 0 aromatic heterocycles. The first-order valence-electron chi connectivity index (χ1n) is 9.09. The molecule has 8 heteroatoms. The van der Waals surface area contributed by atoms with Gasteiger partial charge in [-0.05, 0) is 37.2 Å². The molecule has 154 valence electrons. The Morgan fingerprint density at radius 3 is 2.66 bits per heavy atom. The van der Waals surface area contributed by atoms with E-state index < -0.39 is 6.61 Å². The van der Waals surface area contributed by atoms with Crippen LogP contribution in [0.15, 0.2) is 42.5 Å². The summed E-state index contributed by atoms with van der Waals surface area (Å²) in [5.74, 6) is 0.223. The summed E-state index contributed by atoms with van der Waals surface area (Å²) in [5, 5.41) is 11.8. The molecular formula is C21H23F2N3O3. The molecule has 0 unspecified atom stereocenters. The Hall–Kier alpha value is -3.18. The number of hydrogen-bond donors (Lipinski definition) is 1. The molecule has 0 radical (unpaired) electrons. The van der Waals surface area contributed by atoms with E-state index in [1.165, 1.54) is 19.2 Å². The van der Waals surface area contributed by atoms with Gasteiger partial charge in [0.25, 0.3) is 0 Å². The molecule has 0 fully saturated rings. The van der Waals surface area contributed by atoms with Crippen LogP contribution in [0.5, 0.6) is 11.5 Å². The lowest BCUT2D eigenvalue weighted by atomic mass is 10.1. The summed E-state index contributed by atoms with van der Waals surface area (Å²) in [5.41, 5.74) is 1.25. The molecule has 1 N–H and O–H groups in total. The van der Waals surface area contributed by atoms with Gasteiger partial charge in [0.1, 0.15) is 11.5 Å². The van der Waals surface area contributed by atoms with Crippen LogP contribution >= 0.6 is 0 Å². The number of hydrogen-bond acceptors (Lipinski definition) is 5. The van der Waals surface area contributed by atoms with Crippen molar-refractivity contribution in [3.63, 3.8) is 0 Å². The van der Waals surface area contributed by atoms with E-state index in [0.717, 1.165) is 6.42 Å². The van der Waals surface area contributed by atoms with Gasteiger partial charge in [-0.15, -0.1) is 0 Å². The Morgan fingerprint density at radius 1 is 1.24 bits per heavy atom. The van der Waals surface area contributed by atoms with Crippen LogP contribution in [0.1, 0.15) is 24.5 Å². The molecule has 0 heterocycles. The number of amides is 1. The number of nitrogens with one attached hydrogen (secondary N) is 1. The number of nitriles is 1. The third kappa shape index (κ3) is 6.73. The lowest BCUT2D eigenvalue weighted by Crippen LogP contribution is -2.33. The Balaban J connectivity index is 2.13. The maximum absolute atomic E-state index is 12.8. The quantitative estimate of drug-likeness (QED) is 0.649. The first-order chi connectivity index (χ1) is 14.0. The zero-order chi connectivity index (χ0) is 21.2. The van der Waals surface area contributed by atoms with E-state index in [2.05, 4.69) is 10.1 Å². The monoisotopic (exact) mass is 403 g/mol. The molecular weight excluding hydrogens is 380 g/mol. The van der Waals surface area contributed by atoms with Crippen molar-refractivity contribution in [3.8, 4) is 17.6 Å². The number of anilines is 1. The average Bonchev–Trinajstić information content (AvgIpc) is 2.69. The second-order valence-electron chi connectivity index (χ2n) is 6.27. The first-order valence-corrected chi connectivity index (χ1v) is 9.09. The average molecular weight is 403 g/mol. The SMILES string of the molecule is CCCN(CC(=O)Nc1ccccc1OC)Cc1ccc(C#N)cc1OC(F)F. The normalized spacial score (nSPS) is 10.7. The van der Waals surface area contributed by atoms with E-state index in [4.69, 9.17) is 10.00 Å². The van der Waals surface area contributed by atoms with Crippen LogP contribution < -0.4 is 14.8 Å². The maximum atomic E-state index is 12.8. The molecule has 0 aliphatic rings. The number of methoxy groups -OCH3 is 1. The van der Waals surface area contributed by atoms with E-state index in [-0.39, 0.29) is 30.3 Å². The van der Waals surface area contributed by atoms with Gasteiger partial charge < -0.3 is 14.8 Å². The Morgan fingerprint density at radius 2 is 2.00 bits per heavy atom. The molecule has 2 rings (SSSR count). The lowest BCUT2D eigenvalue weighted by molar-refractivity contribution is -0.117. The molecule has 6 nitrogen and oxygen atoms in total. The second-order valence-corrected chi connectivity index (χ2v) is 6.27. The highest BCUT2D eigenvalue weighted by Gasteiger charge is 2.17. The van der Waals surface area contributed by atoms with Gasteiger partial charge in [-0.25, -0.2) is 0 Å². The van der Waals surface area contributed by atoms with Gasteiger partial charge in [0.15, 0.2) is 0 Å². The predicted molar refractivity (Wildman–Crippen MR) is 105 cm³/mol. The minimum absolute atomic E-state index is 0.0556. The van der Waals surface area contributed by atoms with Crippen molar-refractivity contribution in [2.75, 3.05) is 25.5 Å². The largest absolute Gasteiger partial charge is 0.495 e. The molecule has 0 bridgehead atoms. The number of benzene rings is 2. The molecule has 0 spiro atoms. The maximum Gasteiger partial charge on any atom is 0.387 e. The van der Waals surface area contributed by atoms with E-state index in [1.807, 2.05) is 17.9 Å². The topological polar surface area (TPSA) is 74.6 Å². The molecule has 0 aliphatic carbocycles. The summed E-state index contributed by atoms with van der Waals surface area (Å²) in [6.45, 7) is -0.189. The zero-order valence-electron chi connectivity index (χ0n) is 16.3. The summed E-state index contributed by atoms with van der Waals surface area (Å²) < 4.78 is 35.3. The fourth-order valence-electron chi connectivity index (χ4n) is 2.87. The Kier molecular flexibility index (Phi) is 8.37. The van der Waals surface area contributed by atoms with E-state index in [9.17, 15) is 13.6 Å². The fourth-order valence-corrected chi connectivity index (χ4v) is 2.87. The van der Waals surface area contributed by atoms with Crippen molar-refractivity contribution in [1.82, 2.24) is 4.90 Å². The summed E-state index contributed by atoms with van der Waals surface area (Å²) in [6.07, 6.45) is 0.767. The van der Waals surface area contributed by atoms with Crippen LogP contribution in [0.2, 0.25) is 0 Å². The minimum atomic E-state index is -3.00. The standard InChI is InChI=1S/C21H23F2N3O3/c1-3-10-26(14-20(27)25-17-6-4-5-7-18(17)28-2)13-16-9-8-15(12-24)11-19(16)29-21(22)23/h4-9,11,21H,3,10,13-14H2,1-2H3,(H,25,27). The minimum Gasteiger partial charge on any atom is -0.495 e. The van der Waals surface area contributed by atoms with Crippen LogP contribution in [-0.2, 0) is 11.3 Å². The van der Waals surface area contributed by atoms with Crippen LogP contribution in [-0.4, -0.2) is 37.6 Å². The number of para-hydroxylation sites is 2. The highest BCUT2D eigenvalue weighted by atomic mass is 19.3. The van der Waals surface area contributed by atoms with Crippen molar-refractivity contribution in [1.29, 1.82) is 5.26 Å². The van der Waals surface area contributed by atoms with E-state index in [0.29, 0.717) is 23.5 Å². The lowest BCUT2D eigenvalue weighted by Gasteiger charge is -2.23. The highest BCUT2D eigenvalue weighted by molar-refractivity contribution is 5.93. The highest BCUT2D eigenvalue weighted by Crippen LogP contribution is 2.25. The molecule has 0 atom stereocenters. The van der Waals surface area contributed by atoms with Gasteiger partial charge >= 0.3 is 6.61 Å². The summed E-state index contributed by atoms with van der Waals surface area (Å²) in [6, 6.07) is 13.3. The third-order valence-electron chi connectivity index (χ3n) is 4.09. The van der Waals surface area contributed by atoms with Gasteiger partial charge in [-0.3, -0.25) is 9.69 Å². The molecule has 2 aromatic rings. The van der Waals surface area contributed by atoms with E-state index in [1.54, 1.807) is 30.3 Å². The molecule has 0 saturated carbocycles. The number of carbonyl (C=O) groups is 1. The fraction of sp³-hybridized carbons (Fsp3) is 0.333. The first kappa shape index (κ1) is 22.1. The van der Waals surface area contributed by atoms with Gasteiger partial charge in [-0.1, -0.05) is 25.1 Å². The van der Waals surface area contributed by atoms with Crippen molar-refractivity contribution in [2.45, 2.75) is 26.5 Å². The van der Waals surface area contributed by atoms with Crippen LogP contribution in [0.25, 0.3) is 0 Å². The smallest absolute Gasteiger partial charge is 0.387 e. The van der Waals surface area contributed by atoms with Crippen LogP contribution in [0.4, 0.5) is 14.5 Å². The summed E-state index contributed by atoms with van der Waals surface area (Å²) in [4.78, 5) is 14.3.